The molecule has 1 aromatic rings. The van der Waals surface area contributed by atoms with Crippen LogP contribution in [-0.2, 0) is 17.1 Å². The van der Waals surface area contributed by atoms with Crippen molar-refractivity contribution in [2.45, 2.75) is 6.92 Å². The molecule has 0 radical (unpaired) electrons. The predicted octanol–water partition coefficient (Wildman–Crippen LogP) is 0.100. The third-order valence-electron chi connectivity index (χ3n) is 1.29. The van der Waals surface area contributed by atoms with Crippen molar-refractivity contribution in [3.8, 4) is 0 Å². The van der Waals surface area contributed by atoms with Crippen LogP contribution in [0, 0.1) is 6.92 Å². The first-order chi connectivity index (χ1) is 5.38. The summed E-state index contributed by atoms with van der Waals surface area (Å²) >= 11 is 0. The first-order valence-electron chi connectivity index (χ1n) is 3.36. The number of rotatable bonds is 2. The Kier molecular flexibility index (Phi) is 2.10. The highest BCUT2D eigenvalue weighted by molar-refractivity contribution is 7.92. The number of nitrogens with one attached hydrogen (secondary N) is 1. The number of sulfonamides is 1. The summed E-state index contributed by atoms with van der Waals surface area (Å²) in [6.07, 6.45) is 2.84. The van der Waals surface area contributed by atoms with Gasteiger partial charge in [-0.25, -0.2) is 8.42 Å². The molecule has 68 valence electrons. The van der Waals surface area contributed by atoms with Crippen molar-refractivity contribution in [3.63, 3.8) is 0 Å². The number of anilines is 1. The molecule has 0 unspecified atom stereocenters. The average Bonchev–Trinajstić information content (AvgIpc) is 2.06. The van der Waals surface area contributed by atoms with Gasteiger partial charge in [0.15, 0.2) is 5.82 Å². The highest BCUT2D eigenvalue weighted by atomic mass is 32.2. The first kappa shape index (κ1) is 9.05. The zero-order chi connectivity index (χ0) is 9.35. The normalized spacial score (nSPS) is 11.6. The molecule has 1 heterocycles. The molecule has 1 aromatic heterocycles. The van der Waals surface area contributed by atoms with Gasteiger partial charge in [0.2, 0.25) is 10.0 Å². The van der Waals surface area contributed by atoms with Crippen LogP contribution in [0.15, 0.2) is 6.20 Å². The van der Waals surface area contributed by atoms with Crippen molar-refractivity contribution in [1.29, 1.82) is 0 Å². The maximum absolute atomic E-state index is 10.8. The Morgan fingerprint density at radius 3 is 2.50 bits per heavy atom. The molecule has 0 bridgehead atoms. The second kappa shape index (κ2) is 2.78. The van der Waals surface area contributed by atoms with Crippen molar-refractivity contribution >= 4 is 15.8 Å². The molecule has 0 atom stereocenters. The van der Waals surface area contributed by atoms with Crippen LogP contribution in [0.2, 0.25) is 0 Å². The molecule has 0 saturated carbocycles. The molecule has 0 saturated heterocycles. The lowest BCUT2D eigenvalue weighted by Gasteiger charge is -1.98. The van der Waals surface area contributed by atoms with E-state index in [9.17, 15) is 8.42 Å². The van der Waals surface area contributed by atoms with Crippen molar-refractivity contribution < 1.29 is 8.42 Å². The van der Waals surface area contributed by atoms with Gasteiger partial charge in [-0.15, -0.1) is 0 Å². The third kappa shape index (κ3) is 2.23. The second-order valence-corrected chi connectivity index (χ2v) is 4.46. The van der Waals surface area contributed by atoms with Crippen molar-refractivity contribution in [3.05, 3.63) is 11.8 Å². The summed E-state index contributed by atoms with van der Waals surface area (Å²) in [4.78, 5) is 0. The van der Waals surface area contributed by atoms with Crippen LogP contribution in [0.25, 0.3) is 0 Å². The first-order valence-corrected chi connectivity index (χ1v) is 5.25. The number of hydrogen-bond acceptors (Lipinski definition) is 3. The van der Waals surface area contributed by atoms with E-state index < -0.39 is 10.0 Å². The number of aryl methyl sites for hydroxylation is 2. The Labute approximate surface area is 71.4 Å². The summed E-state index contributed by atoms with van der Waals surface area (Å²) < 4.78 is 25.5. The van der Waals surface area contributed by atoms with E-state index in [0.29, 0.717) is 5.82 Å². The lowest BCUT2D eigenvalue weighted by Crippen LogP contribution is -2.10. The van der Waals surface area contributed by atoms with Gasteiger partial charge in [0.1, 0.15) is 0 Å². The van der Waals surface area contributed by atoms with Crippen LogP contribution in [-0.4, -0.2) is 24.5 Å². The maximum Gasteiger partial charge on any atom is 0.231 e. The maximum atomic E-state index is 10.8. The van der Waals surface area contributed by atoms with Gasteiger partial charge in [0, 0.05) is 18.8 Å². The van der Waals surface area contributed by atoms with Gasteiger partial charge in [-0.2, -0.15) is 5.10 Å². The van der Waals surface area contributed by atoms with Crippen molar-refractivity contribution in [2.24, 2.45) is 7.05 Å². The van der Waals surface area contributed by atoms with Gasteiger partial charge in [-0.3, -0.25) is 9.40 Å². The zero-order valence-corrected chi connectivity index (χ0v) is 8.01. The van der Waals surface area contributed by atoms with E-state index in [1.807, 2.05) is 0 Å². The average molecular weight is 189 g/mol. The topological polar surface area (TPSA) is 64.0 Å². The number of hydrogen-bond donors (Lipinski definition) is 1. The minimum absolute atomic E-state index is 0.389. The Morgan fingerprint density at radius 2 is 2.17 bits per heavy atom. The van der Waals surface area contributed by atoms with Crippen molar-refractivity contribution in [1.82, 2.24) is 9.78 Å². The number of nitrogens with zero attached hydrogens (tertiary/aromatic N) is 2. The van der Waals surface area contributed by atoms with E-state index >= 15 is 0 Å². The number of aromatic nitrogens is 2. The molecule has 0 spiro atoms. The minimum atomic E-state index is -3.21. The molecule has 1 rings (SSSR count). The highest BCUT2D eigenvalue weighted by Crippen LogP contribution is 2.10. The summed E-state index contributed by atoms with van der Waals surface area (Å²) in [5.41, 5.74) is 0.808. The van der Waals surface area contributed by atoms with E-state index in [1.165, 1.54) is 0 Å². The monoisotopic (exact) mass is 189 g/mol. The molecule has 0 amide bonds. The molecular formula is C6H11N3O2S. The molecular weight excluding hydrogens is 178 g/mol. The smallest absolute Gasteiger partial charge is 0.231 e. The molecule has 1 N–H and O–H groups in total. The van der Waals surface area contributed by atoms with Crippen molar-refractivity contribution in [2.75, 3.05) is 11.0 Å². The summed E-state index contributed by atoms with van der Waals surface area (Å²) in [6.45, 7) is 1.79. The summed E-state index contributed by atoms with van der Waals surface area (Å²) in [7, 11) is -1.48. The van der Waals surface area contributed by atoms with Gasteiger partial charge >= 0.3 is 0 Å². The summed E-state index contributed by atoms with van der Waals surface area (Å²) in [5, 5.41) is 3.92. The molecule has 0 aromatic carbocycles. The molecule has 6 heteroatoms. The van der Waals surface area contributed by atoms with E-state index in [1.54, 1.807) is 24.9 Å². The van der Waals surface area contributed by atoms with Crippen LogP contribution in [0.3, 0.4) is 0 Å². The van der Waals surface area contributed by atoms with E-state index in [4.69, 9.17) is 0 Å². The van der Waals surface area contributed by atoms with Gasteiger partial charge in [-0.05, 0) is 6.92 Å². The standard InChI is InChI=1S/C6H11N3O2S/c1-5-4-9(2)7-6(5)8-12(3,10)11/h4H,1-3H3,(H,7,8). The second-order valence-electron chi connectivity index (χ2n) is 2.71. The Hall–Kier alpha value is -1.04. The lowest BCUT2D eigenvalue weighted by molar-refractivity contribution is 0.606. The fourth-order valence-corrected chi connectivity index (χ4v) is 1.44. The van der Waals surface area contributed by atoms with Gasteiger partial charge in [0.05, 0.1) is 6.26 Å². The minimum Gasteiger partial charge on any atom is -0.273 e. The van der Waals surface area contributed by atoms with Gasteiger partial charge in [-0.1, -0.05) is 0 Å². The fourth-order valence-electron chi connectivity index (χ4n) is 0.883. The predicted molar refractivity (Wildman–Crippen MR) is 46.4 cm³/mol. The van der Waals surface area contributed by atoms with Crippen LogP contribution < -0.4 is 4.72 Å². The molecule has 0 aliphatic carbocycles. The lowest BCUT2D eigenvalue weighted by atomic mass is 10.4. The van der Waals surface area contributed by atoms with Crippen LogP contribution in [0.4, 0.5) is 5.82 Å². The Morgan fingerprint density at radius 1 is 1.58 bits per heavy atom. The fraction of sp³-hybridized carbons (Fsp3) is 0.500. The van der Waals surface area contributed by atoms with Crippen LogP contribution >= 0.6 is 0 Å². The largest absolute Gasteiger partial charge is 0.273 e. The molecule has 0 aliphatic rings. The Balaban J connectivity index is 2.97. The molecule has 0 fully saturated rings. The van der Waals surface area contributed by atoms with Crippen LogP contribution in [0.1, 0.15) is 5.56 Å². The summed E-state index contributed by atoms with van der Waals surface area (Å²) in [6, 6.07) is 0. The Bertz CT molecular complexity index is 379. The molecule has 5 nitrogen and oxygen atoms in total. The van der Waals surface area contributed by atoms with E-state index in [2.05, 4.69) is 9.82 Å². The van der Waals surface area contributed by atoms with Gasteiger partial charge < -0.3 is 0 Å². The van der Waals surface area contributed by atoms with Crippen LogP contribution in [0.5, 0.6) is 0 Å². The zero-order valence-electron chi connectivity index (χ0n) is 7.20. The SMILES string of the molecule is Cc1cn(C)nc1NS(C)(=O)=O. The highest BCUT2D eigenvalue weighted by Gasteiger charge is 2.07. The van der Waals surface area contributed by atoms with E-state index in [-0.39, 0.29) is 0 Å². The summed E-state index contributed by atoms with van der Waals surface area (Å²) in [5.74, 6) is 0.389. The molecule has 12 heavy (non-hydrogen) atoms. The van der Waals surface area contributed by atoms with E-state index in [0.717, 1.165) is 11.8 Å². The van der Waals surface area contributed by atoms with Gasteiger partial charge in [0.25, 0.3) is 0 Å². The quantitative estimate of drug-likeness (QED) is 0.717. The molecule has 0 aliphatic heterocycles. The third-order valence-corrected chi connectivity index (χ3v) is 1.86.